The van der Waals surface area contributed by atoms with Crippen molar-refractivity contribution in [3.63, 3.8) is 0 Å². The molecule has 1 fully saturated rings. The minimum atomic E-state index is 0.156. The summed E-state index contributed by atoms with van der Waals surface area (Å²) in [6, 6.07) is 4.12. The van der Waals surface area contributed by atoms with Crippen LogP contribution in [-0.2, 0) is 0 Å². The van der Waals surface area contributed by atoms with E-state index in [0.717, 1.165) is 31.1 Å². The highest BCUT2D eigenvalue weighted by atomic mass is 16.5. The van der Waals surface area contributed by atoms with Gasteiger partial charge in [-0.2, -0.15) is 0 Å². The molecule has 1 aromatic heterocycles. The first-order chi connectivity index (χ1) is 8.56. The van der Waals surface area contributed by atoms with Gasteiger partial charge in [0.2, 0.25) is 0 Å². The SMILES string of the molecule is CC1CC(N)CN(c2ncccc2OC(C)C)C1. The van der Waals surface area contributed by atoms with Crippen molar-refractivity contribution in [3.8, 4) is 5.75 Å². The van der Waals surface area contributed by atoms with E-state index in [4.69, 9.17) is 10.5 Å². The molecule has 0 radical (unpaired) electrons. The van der Waals surface area contributed by atoms with Crippen molar-refractivity contribution in [2.75, 3.05) is 18.0 Å². The van der Waals surface area contributed by atoms with Crippen LogP contribution in [0.1, 0.15) is 27.2 Å². The van der Waals surface area contributed by atoms with Crippen LogP contribution < -0.4 is 15.4 Å². The lowest BCUT2D eigenvalue weighted by molar-refractivity contribution is 0.241. The second-order valence-corrected chi connectivity index (χ2v) is 5.50. The van der Waals surface area contributed by atoms with Gasteiger partial charge >= 0.3 is 0 Å². The normalized spacial score (nSPS) is 24.4. The summed E-state index contributed by atoms with van der Waals surface area (Å²) in [7, 11) is 0. The van der Waals surface area contributed by atoms with Gasteiger partial charge in [0.25, 0.3) is 0 Å². The first-order valence-corrected chi connectivity index (χ1v) is 6.68. The van der Waals surface area contributed by atoms with Gasteiger partial charge in [-0.05, 0) is 38.3 Å². The number of nitrogens with zero attached hydrogens (tertiary/aromatic N) is 2. The maximum atomic E-state index is 6.09. The summed E-state index contributed by atoms with van der Waals surface area (Å²) in [4.78, 5) is 6.72. The molecule has 1 aromatic rings. The highest BCUT2D eigenvalue weighted by Gasteiger charge is 2.25. The Morgan fingerprint density at radius 2 is 2.22 bits per heavy atom. The molecule has 18 heavy (non-hydrogen) atoms. The molecule has 1 aliphatic heterocycles. The number of piperidine rings is 1. The third-order valence-electron chi connectivity index (χ3n) is 3.11. The summed E-state index contributed by atoms with van der Waals surface area (Å²) in [5.74, 6) is 2.38. The Bertz CT molecular complexity index is 384. The number of aromatic nitrogens is 1. The molecule has 0 amide bonds. The summed E-state index contributed by atoms with van der Waals surface area (Å²) in [5, 5.41) is 0. The second-order valence-electron chi connectivity index (χ2n) is 5.50. The maximum absolute atomic E-state index is 6.09. The van der Waals surface area contributed by atoms with Crippen LogP contribution in [0.25, 0.3) is 0 Å². The fraction of sp³-hybridized carbons (Fsp3) is 0.643. The molecule has 2 N–H and O–H groups in total. The molecule has 0 aromatic carbocycles. The quantitative estimate of drug-likeness (QED) is 0.890. The maximum Gasteiger partial charge on any atom is 0.171 e. The molecule has 0 bridgehead atoms. The van der Waals surface area contributed by atoms with Crippen LogP contribution in [-0.4, -0.2) is 30.2 Å². The molecule has 0 aliphatic carbocycles. The zero-order valence-corrected chi connectivity index (χ0v) is 11.5. The van der Waals surface area contributed by atoms with Gasteiger partial charge in [0.15, 0.2) is 11.6 Å². The van der Waals surface area contributed by atoms with E-state index in [0.29, 0.717) is 5.92 Å². The number of nitrogens with two attached hydrogens (primary N) is 1. The van der Waals surface area contributed by atoms with Gasteiger partial charge in [-0.3, -0.25) is 0 Å². The summed E-state index contributed by atoms with van der Waals surface area (Å²) < 4.78 is 5.82. The van der Waals surface area contributed by atoms with E-state index in [9.17, 15) is 0 Å². The minimum Gasteiger partial charge on any atom is -0.487 e. The zero-order chi connectivity index (χ0) is 13.1. The predicted octanol–water partition coefficient (Wildman–Crippen LogP) is 2.04. The van der Waals surface area contributed by atoms with E-state index >= 15 is 0 Å². The Kier molecular flexibility index (Phi) is 4.07. The van der Waals surface area contributed by atoms with Crippen molar-refractivity contribution >= 4 is 5.82 Å². The van der Waals surface area contributed by atoms with Crippen molar-refractivity contribution < 1.29 is 4.74 Å². The van der Waals surface area contributed by atoms with Crippen LogP contribution >= 0.6 is 0 Å². The minimum absolute atomic E-state index is 0.156. The molecule has 2 atom stereocenters. The van der Waals surface area contributed by atoms with Gasteiger partial charge < -0.3 is 15.4 Å². The molecular formula is C14H23N3O. The van der Waals surface area contributed by atoms with Crippen LogP contribution in [0.5, 0.6) is 5.75 Å². The summed E-state index contributed by atoms with van der Waals surface area (Å²) in [6.45, 7) is 8.15. The average Bonchev–Trinajstić information content (AvgIpc) is 2.27. The highest BCUT2D eigenvalue weighted by molar-refractivity contribution is 5.52. The molecule has 2 heterocycles. The van der Waals surface area contributed by atoms with Crippen LogP contribution in [0.4, 0.5) is 5.82 Å². The van der Waals surface area contributed by atoms with Crippen molar-refractivity contribution in [1.82, 2.24) is 4.98 Å². The van der Waals surface area contributed by atoms with E-state index < -0.39 is 0 Å². The van der Waals surface area contributed by atoms with E-state index in [1.54, 1.807) is 0 Å². The van der Waals surface area contributed by atoms with Gasteiger partial charge in [-0.25, -0.2) is 4.98 Å². The molecule has 4 nitrogen and oxygen atoms in total. The van der Waals surface area contributed by atoms with E-state index in [1.807, 2.05) is 32.2 Å². The van der Waals surface area contributed by atoms with Crippen LogP contribution in [0.2, 0.25) is 0 Å². The Labute approximate surface area is 109 Å². The topological polar surface area (TPSA) is 51.4 Å². The van der Waals surface area contributed by atoms with Crippen molar-refractivity contribution in [2.45, 2.75) is 39.3 Å². The number of hydrogen-bond acceptors (Lipinski definition) is 4. The molecule has 100 valence electrons. The predicted molar refractivity (Wildman–Crippen MR) is 74.0 cm³/mol. The van der Waals surface area contributed by atoms with Crippen molar-refractivity contribution in [3.05, 3.63) is 18.3 Å². The molecule has 0 spiro atoms. The lowest BCUT2D eigenvalue weighted by Gasteiger charge is -2.36. The number of hydrogen-bond donors (Lipinski definition) is 1. The molecule has 1 aliphatic rings. The number of ether oxygens (including phenoxy) is 1. The lowest BCUT2D eigenvalue weighted by atomic mass is 9.96. The average molecular weight is 249 g/mol. The third-order valence-corrected chi connectivity index (χ3v) is 3.11. The van der Waals surface area contributed by atoms with E-state index in [1.165, 1.54) is 0 Å². The molecule has 1 saturated heterocycles. The van der Waals surface area contributed by atoms with E-state index in [2.05, 4.69) is 16.8 Å². The van der Waals surface area contributed by atoms with E-state index in [-0.39, 0.29) is 12.1 Å². The third kappa shape index (κ3) is 3.13. The summed E-state index contributed by atoms with van der Waals surface area (Å²) >= 11 is 0. The fourth-order valence-electron chi connectivity index (χ4n) is 2.54. The zero-order valence-electron chi connectivity index (χ0n) is 11.5. The fourth-order valence-corrected chi connectivity index (χ4v) is 2.54. The number of rotatable bonds is 3. The largest absolute Gasteiger partial charge is 0.487 e. The molecule has 4 heteroatoms. The van der Waals surface area contributed by atoms with Crippen LogP contribution in [0.15, 0.2) is 18.3 Å². The second kappa shape index (κ2) is 5.57. The molecule has 2 unspecified atom stereocenters. The van der Waals surface area contributed by atoms with Crippen LogP contribution in [0.3, 0.4) is 0 Å². The summed E-state index contributed by atoms with van der Waals surface area (Å²) in [6.07, 6.45) is 3.06. The van der Waals surface area contributed by atoms with Gasteiger partial charge in [0.05, 0.1) is 6.10 Å². The lowest BCUT2D eigenvalue weighted by Crippen LogP contribution is -2.46. The van der Waals surface area contributed by atoms with Crippen molar-refractivity contribution in [2.24, 2.45) is 11.7 Å². The Hall–Kier alpha value is -1.29. The smallest absolute Gasteiger partial charge is 0.171 e. The Morgan fingerprint density at radius 1 is 1.44 bits per heavy atom. The first kappa shape index (κ1) is 13.1. The molecule has 0 saturated carbocycles. The van der Waals surface area contributed by atoms with Crippen LogP contribution in [0, 0.1) is 5.92 Å². The van der Waals surface area contributed by atoms with Gasteiger partial charge in [0, 0.05) is 25.3 Å². The first-order valence-electron chi connectivity index (χ1n) is 6.68. The van der Waals surface area contributed by atoms with Gasteiger partial charge in [-0.15, -0.1) is 0 Å². The number of pyridine rings is 1. The summed E-state index contributed by atoms with van der Waals surface area (Å²) in [5.41, 5.74) is 6.09. The molecular weight excluding hydrogens is 226 g/mol. The number of anilines is 1. The van der Waals surface area contributed by atoms with Gasteiger partial charge in [0.1, 0.15) is 0 Å². The van der Waals surface area contributed by atoms with Crippen molar-refractivity contribution in [1.29, 1.82) is 0 Å². The monoisotopic (exact) mass is 249 g/mol. The Morgan fingerprint density at radius 3 is 2.89 bits per heavy atom. The Balaban J connectivity index is 2.21. The molecule has 2 rings (SSSR count). The standard InChI is InChI=1S/C14H23N3O/c1-10(2)18-13-5-4-6-16-14(13)17-8-11(3)7-12(15)9-17/h4-6,10-12H,7-9,15H2,1-3H3. The van der Waals surface area contributed by atoms with Gasteiger partial charge in [-0.1, -0.05) is 6.92 Å². The highest BCUT2D eigenvalue weighted by Crippen LogP contribution is 2.29.